The molecule has 0 radical (unpaired) electrons. The Morgan fingerprint density at radius 2 is 1.62 bits per heavy atom. The van der Waals surface area contributed by atoms with Crippen LogP contribution < -0.4 is 26.2 Å². The molecule has 1 fully saturated rings. The molecule has 0 saturated carbocycles. The molecule has 1 aromatic heterocycles. The van der Waals surface area contributed by atoms with Crippen molar-refractivity contribution in [1.29, 1.82) is 0 Å². The van der Waals surface area contributed by atoms with Gasteiger partial charge < -0.3 is 19.7 Å². The Morgan fingerprint density at radius 3 is 2.33 bits per heavy atom. The average molecular weight is 779 g/mol. The summed E-state index contributed by atoms with van der Waals surface area (Å²) in [5.74, 6) is -1.05. The summed E-state index contributed by atoms with van der Waals surface area (Å²) in [5.41, 5.74) is -2.08. The number of amides is 1. The van der Waals surface area contributed by atoms with Crippen molar-refractivity contribution < 1.29 is 32.6 Å². The molecule has 1 aliphatic heterocycles. The number of unbranched alkanes of at least 4 members (excludes halogenated alkanes) is 1. The van der Waals surface area contributed by atoms with E-state index in [4.69, 9.17) is 13.8 Å². The summed E-state index contributed by atoms with van der Waals surface area (Å²) in [6.07, 6.45) is 25.2. The van der Waals surface area contributed by atoms with E-state index in [2.05, 4.69) is 78.1 Å². The van der Waals surface area contributed by atoms with Crippen LogP contribution in [0.5, 0.6) is 5.75 Å². The van der Waals surface area contributed by atoms with Gasteiger partial charge in [0.25, 0.3) is 5.56 Å². The minimum atomic E-state index is -4.15. The van der Waals surface area contributed by atoms with Crippen LogP contribution >= 0.6 is 7.75 Å². The lowest BCUT2D eigenvalue weighted by molar-refractivity contribution is -0.121. The number of hydrogen-bond donors (Lipinski definition) is 4. The second-order valence-electron chi connectivity index (χ2n) is 12.8. The van der Waals surface area contributed by atoms with E-state index in [9.17, 15) is 28.4 Å². The Hall–Kier alpha value is -4.65. The third-order valence-corrected chi connectivity index (χ3v) is 10.0. The fraction of sp³-hybridized carbons (Fsp3) is 0.390. The number of ether oxygens (including phenoxy) is 1. The zero-order valence-corrected chi connectivity index (χ0v) is 32.1. The first-order chi connectivity index (χ1) is 26.7. The fourth-order valence-electron chi connectivity index (χ4n) is 5.62. The number of nitrogens with zero attached hydrogens (tertiary/aromatic N) is 1. The van der Waals surface area contributed by atoms with Crippen molar-refractivity contribution in [2.45, 2.75) is 83.1 Å². The lowest BCUT2D eigenvalue weighted by atomic mass is 10.1. The van der Waals surface area contributed by atoms with Crippen molar-refractivity contribution in [3.63, 3.8) is 0 Å². The van der Waals surface area contributed by atoms with Crippen LogP contribution in [-0.2, 0) is 18.6 Å². The molecule has 0 aliphatic carbocycles. The number of aromatic nitrogens is 2. The van der Waals surface area contributed by atoms with Gasteiger partial charge >= 0.3 is 13.4 Å². The molecule has 296 valence electrons. The molecular formula is C41H52FN4O8P. The first kappa shape index (κ1) is 43.1. The number of carbonyl (C=O) groups excluding carboxylic acids is 1. The highest BCUT2D eigenvalue weighted by Gasteiger charge is 2.38. The van der Waals surface area contributed by atoms with Gasteiger partial charge in [-0.25, -0.2) is 14.4 Å². The number of hydrogen-bond acceptors (Lipinski definition) is 8. The molecule has 4 atom stereocenters. The Balaban J connectivity index is 1.20. The van der Waals surface area contributed by atoms with Crippen LogP contribution in [0.1, 0.15) is 70.9 Å². The summed E-state index contributed by atoms with van der Waals surface area (Å²) < 4.78 is 46.3. The topological polar surface area (TPSA) is 161 Å². The molecule has 3 aromatic rings. The zero-order valence-electron chi connectivity index (χ0n) is 31.2. The summed E-state index contributed by atoms with van der Waals surface area (Å²) in [6, 6.07) is 12.6. The van der Waals surface area contributed by atoms with E-state index in [-0.39, 0.29) is 31.2 Å². The van der Waals surface area contributed by atoms with E-state index in [1.165, 1.54) is 0 Å². The maximum atomic E-state index is 14.1. The number of carbonyl (C=O) groups is 1. The number of fused-ring (bicyclic) bond motifs is 1. The van der Waals surface area contributed by atoms with E-state index in [0.29, 0.717) is 24.4 Å². The maximum absolute atomic E-state index is 14.1. The second kappa shape index (κ2) is 23.3. The van der Waals surface area contributed by atoms with Gasteiger partial charge in [0.15, 0.2) is 0 Å². The Morgan fingerprint density at radius 1 is 0.964 bits per heavy atom. The smallest absolute Gasteiger partial charge is 0.413 e. The first-order valence-corrected chi connectivity index (χ1v) is 20.3. The van der Waals surface area contributed by atoms with Crippen molar-refractivity contribution in [2.24, 2.45) is 0 Å². The summed E-state index contributed by atoms with van der Waals surface area (Å²) in [4.78, 5) is 38.0. The van der Waals surface area contributed by atoms with E-state index < -0.39 is 49.9 Å². The van der Waals surface area contributed by atoms with Gasteiger partial charge in [0.1, 0.15) is 18.1 Å². The Bertz CT molecular complexity index is 1980. The predicted octanol–water partition coefficient (Wildman–Crippen LogP) is 7.31. The van der Waals surface area contributed by atoms with Crippen LogP contribution in [0, 0.1) is 5.82 Å². The molecule has 0 bridgehead atoms. The van der Waals surface area contributed by atoms with Crippen molar-refractivity contribution >= 4 is 24.4 Å². The van der Waals surface area contributed by atoms with Crippen molar-refractivity contribution in [3.8, 4) is 5.75 Å². The van der Waals surface area contributed by atoms with E-state index in [1.807, 2.05) is 35.3 Å². The average Bonchev–Trinajstić information content (AvgIpc) is 3.55. The lowest BCUT2D eigenvalue weighted by Gasteiger charge is -2.23. The van der Waals surface area contributed by atoms with Crippen LogP contribution in [0.4, 0.5) is 4.39 Å². The third-order valence-electron chi connectivity index (χ3n) is 8.50. The number of aromatic amines is 1. The molecule has 12 nitrogen and oxygen atoms in total. The lowest BCUT2D eigenvalue weighted by Crippen LogP contribution is -2.34. The SMILES string of the molecule is CCC=CCC=CCC=CCC=CCC=CCCCC(=O)NCCNP(=O)(OCC1OC(n2cc(F)c(=O)[nH]c2=O)CC1O)Oc1cccc2ccccc12. The van der Waals surface area contributed by atoms with Gasteiger partial charge in [-0.1, -0.05) is 104 Å². The molecule has 1 amide bonds. The highest BCUT2D eigenvalue weighted by atomic mass is 31.2. The van der Waals surface area contributed by atoms with Crippen molar-refractivity contribution in [1.82, 2.24) is 20.0 Å². The number of halogens is 1. The summed E-state index contributed by atoms with van der Waals surface area (Å²) in [7, 11) is -4.15. The number of allylic oxidation sites excluding steroid dienone is 10. The van der Waals surface area contributed by atoms with E-state index in [0.717, 1.165) is 48.5 Å². The largest absolute Gasteiger partial charge is 0.458 e. The molecule has 4 N–H and O–H groups in total. The Labute approximate surface area is 321 Å². The van der Waals surface area contributed by atoms with Gasteiger partial charge in [-0.3, -0.25) is 23.7 Å². The van der Waals surface area contributed by atoms with Gasteiger partial charge in [-0.2, -0.15) is 4.39 Å². The third kappa shape index (κ3) is 14.8. The molecule has 2 aromatic carbocycles. The molecule has 0 spiro atoms. The second-order valence-corrected chi connectivity index (χ2v) is 14.5. The normalized spacial score (nSPS) is 18.8. The molecule has 55 heavy (non-hydrogen) atoms. The molecule has 2 heterocycles. The number of rotatable bonds is 23. The minimum Gasteiger partial charge on any atom is -0.413 e. The van der Waals surface area contributed by atoms with Crippen LogP contribution in [0.2, 0.25) is 0 Å². The fourth-order valence-corrected chi connectivity index (χ4v) is 6.98. The number of aliphatic hydroxyl groups is 1. The maximum Gasteiger partial charge on any atom is 0.458 e. The highest BCUT2D eigenvalue weighted by molar-refractivity contribution is 7.52. The molecule has 1 aliphatic rings. The quantitative estimate of drug-likeness (QED) is 0.0440. The zero-order chi connectivity index (χ0) is 39.3. The molecule has 4 unspecified atom stereocenters. The van der Waals surface area contributed by atoms with Crippen molar-refractivity contribution in [2.75, 3.05) is 19.7 Å². The van der Waals surface area contributed by atoms with Crippen LogP contribution in [0.15, 0.2) is 119 Å². The highest BCUT2D eigenvalue weighted by Crippen LogP contribution is 2.46. The van der Waals surface area contributed by atoms with Crippen LogP contribution in [-0.4, -0.2) is 52.5 Å². The van der Waals surface area contributed by atoms with Gasteiger partial charge in [0, 0.05) is 31.3 Å². The summed E-state index contributed by atoms with van der Waals surface area (Å²) in [5, 5.41) is 17.8. The first-order valence-electron chi connectivity index (χ1n) is 18.7. The number of H-pyrrole nitrogens is 1. The van der Waals surface area contributed by atoms with Gasteiger partial charge in [-0.15, -0.1) is 0 Å². The monoisotopic (exact) mass is 778 g/mol. The Kier molecular flexibility index (Phi) is 18.3. The minimum absolute atomic E-state index is 0.0330. The number of benzene rings is 2. The molecular weight excluding hydrogens is 726 g/mol. The molecule has 4 rings (SSSR count). The van der Waals surface area contributed by atoms with E-state index >= 15 is 0 Å². The summed E-state index contributed by atoms with van der Waals surface area (Å²) in [6.45, 7) is 1.88. The van der Waals surface area contributed by atoms with Gasteiger partial charge in [0.05, 0.1) is 18.9 Å². The van der Waals surface area contributed by atoms with Crippen LogP contribution in [0.3, 0.4) is 0 Å². The predicted molar refractivity (Wildman–Crippen MR) is 213 cm³/mol. The van der Waals surface area contributed by atoms with Gasteiger partial charge in [0.2, 0.25) is 11.7 Å². The number of aliphatic hydroxyl groups excluding tert-OH is 1. The number of nitrogens with one attached hydrogen (secondary N) is 3. The van der Waals surface area contributed by atoms with Gasteiger partial charge in [-0.05, 0) is 56.4 Å². The van der Waals surface area contributed by atoms with Crippen molar-refractivity contribution in [3.05, 3.63) is 136 Å². The molecule has 14 heteroatoms. The van der Waals surface area contributed by atoms with E-state index in [1.54, 1.807) is 12.1 Å². The van der Waals surface area contributed by atoms with Crippen LogP contribution in [0.25, 0.3) is 10.8 Å². The standard InChI is InChI=1S/C41H52FN4O8P/c1-2-3-4-5-6-7-8-9-10-11-12-13-14-15-16-17-18-26-38(48)43-27-28-44-55(51,54-36-25-21-23-32-22-19-20-24-33(32)36)52-31-37-35(47)29-39(53-37)46-30-34(42)40(49)45-41(46)50/h3-4,6-7,9-10,12-13,15-16,19-25,30,35,37,39,47H,2,5,8,11,14,17-18,26-29,31H2,1H3,(H,43,48)(H,44,51)(H,45,49,50). The summed E-state index contributed by atoms with van der Waals surface area (Å²) >= 11 is 0. The molecule has 1 saturated heterocycles.